The Morgan fingerprint density at radius 1 is 1.00 bits per heavy atom. The van der Waals surface area contributed by atoms with E-state index in [0.717, 1.165) is 16.9 Å². The molecule has 0 aliphatic heterocycles. The molecule has 0 atom stereocenters. The van der Waals surface area contributed by atoms with Gasteiger partial charge in [0.05, 0.1) is 24.9 Å². The van der Waals surface area contributed by atoms with Gasteiger partial charge in [0.2, 0.25) is 0 Å². The van der Waals surface area contributed by atoms with Crippen molar-refractivity contribution in [1.82, 2.24) is 5.32 Å². The van der Waals surface area contributed by atoms with Gasteiger partial charge in [-0.25, -0.2) is 0 Å². The van der Waals surface area contributed by atoms with Crippen LogP contribution in [0, 0.1) is 0 Å². The number of ether oxygens (including phenoxy) is 2. The molecule has 0 spiro atoms. The van der Waals surface area contributed by atoms with Crippen molar-refractivity contribution in [3.05, 3.63) is 82.8 Å². The number of hydrogen-bond donors (Lipinski definition) is 1. The fourth-order valence-corrected chi connectivity index (χ4v) is 2.78. The van der Waals surface area contributed by atoms with Crippen molar-refractivity contribution in [2.45, 2.75) is 19.7 Å². The summed E-state index contributed by atoms with van der Waals surface area (Å²) < 4.78 is 16.6. The van der Waals surface area contributed by atoms with E-state index in [9.17, 15) is 0 Å². The molecule has 1 N–H and O–H groups in total. The van der Waals surface area contributed by atoms with Gasteiger partial charge in [-0.05, 0) is 35.4 Å². The second-order valence-electron chi connectivity index (χ2n) is 5.57. The van der Waals surface area contributed by atoms with Gasteiger partial charge in [-0.15, -0.1) is 12.4 Å². The predicted molar refractivity (Wildman–Crippen MR) is 105 cm³/mol. The molecule has 0 radical (unpaired) electrons. The molecule has 3 aromatic rings. The van der Waals surface area contributed by atoms with Crippen LogP contribution in [0.2, 0.25) is 5.02 Å². The average Bonchev–Trinajstić information content (AvgIpc) is 3.15. The lowest BCUT2D eigenvalue weighted by Crippen LogP contribution is -2.12. The molecule has 0 saturated carbocycles. The Bertz CT molecular complexity index is 792. The average molecular weight is 394 g/mol. The maximum atomic E-state index is 6.41. The third-order valence-corrected chi connectivity index (χ3v) is 4.00. The molecule has 138 valence electrons. The zero-order chi connectivity index (χ0) is 17.5. The van der Waals surface area contributed by atoms with Crippen molar-refractivity contribution in [2.24, 2.45) is 0 Å². The molecule has 1 heterocycles. The van der Waals surface area contributed by atoms with Gasteiger partial charge in [0.15, 0.2) is 11.5 Å². The second-order valence-corrected chi connectivity index (χ2v) is 5.97. The van der Waals surface area contributed by atoms with E-state index in [-0.39, 0.29) is 12.4 Å². The Hall–Kier alpha value is -2.14. The summed E-state index contributed by atoms with van der Waals surface area (Å²) in [6.45, 7) is 1.74. The first kappa shape index (κ1) is 20.2. The zero-order valence-corrected chi connectivity index (χ0v) is 16.0. The number of halogens is 2. The molecular weight excluding hydrogens is 373 g/mol. The topological polar surface area (TPSA) is 43.6 Å². The molecule has 6 heteroatoms. The third kappa shape index (κ3) is 5.43. The van der Waals surface area contributed by atoms with Crippen LogP contribution in [-0.4, -0.2) is 7.11 Å². The molecule has 0 aliphatic carbocycles. The molecule has 3 rings (SSSR count). The van der Waals surface area contributed by atoms with Crippen LogP contribution in [0.1, 0.15) is 16.9 Å². The minimum atomic E-state index is 0. The molecule has 1 aromatic heterocycles. The van der Waals surface area contributed by atoms with Crippen molar-refractivity contribution < 1.29 is 13.9 Å². The summed E-state index contributed by atoms with van der Waals surface area (Å²) in [5.74, 6) is 2.07. The summed E-state index contributed by atoms with van der Waals surface area (Å²) in [5.41, 5.74) is 2.09. The first-order chi connectivity index (χ1) is 12.3. The monoisotopic (exact) mass is 393 g/mol. The molecule has 4 nitrogen and oxygen atoms in total. The van der Waals surface area contributed by atoms with Crippen LogP contribution in [0.15, 0.2) is 65.3 Å². The summed E-state index contributed by atoms with van der Waals surface area (Å²) in [7, 11) is 1.61. The molecule has 0 bridgehead atoms. The molecule has 26 heavy (non-hydrogen) atoms. The van der Waals surface area contributed by atoms with Gasteiger partial charge in [-0.2, -0.15) is 0 Å². The van der Waals surface area contributed by atoms with E-state index in [1.165, 1.54) is 0 Å². The summed E-state index contributed by atoms with van der Waals surface area (Å²) >= 11 is 6.41. The fourth-order valence-electron chi connectivity index (χ4n) is 2.49. The van der Waals surface area contributed by atoms with Gasteiger partial charge in [-0.3, -0.25) is 0 Å². The number of hydrogen-bond acceptors (Lipinski definition) is 4. The van der Waals surface area contributed by atoms with E-state index in [4.69, 9.17) is 25.5 Å². The summed E-state index contributed by atoms with van der Waals surface area (Å²) in [5, 5.41) is 3.84. The Labute approximate surface area is 164 Å². The van der Waals surface area contributed by atoms with Gasteiger partial charge in [0, 0.05) is 6.54 Å². The summed E-state index contributed by atoms with van der Waals surface area (Å²) in [6, 6.07) is 17.6. The Kier molecular flexibility index (Phi) is 7.85. The van der Waals surface area contributed by atoms with E-state index in [1.54, 1.807) is 13.4 Å². The highest BCUT2D eigenvalue weighted by Gasteiger charge is 2.12. The Morgan fingerprint density at radius 2 is 1.81 bits per heavy atom. The number of rotatable bonds is 8. The minimum absolute atomic E-state index is 0. The Morgan fingerprint density at radius 3 is 2.50 bits per heavy atom. The lowest BCUT2D eigenvalue weighted by atomic mass is 10.2. The van der Waals surface area contributed by atoms with Crippen molar-refractivity contribution in [1.29, 1.82) is 0 Å². The van der Waals surface area contributed by atoms with E-state index in [2.05, 4.69) is 5.32 Å². The molecule has 0 saturated heterocycles. The first-order valence-corrected chi connectivity index (χ1v) is 8.40. The molecular formula is C20H21Cl2NO3. The fraction of sp³-hybridized carbons (Fsp3) is 0.200. The third-order valence-electron chi connectivity index (χ3n) is 3.72. The van der Waals surface area contributed by atoms with Crippen LogP contribution in [0.25, 0.3) is 0 Å². The van der Waals surface area contributed by atoms with Crippen LogP contribution in [0.5, 0.6) is 11.5 Å². The quantitative estimate of drug-likeness (QED) is 0.568. The van der Waals surface area contributed by atoms with Crippen molar-refractivity contribution in [3.63, 3.8) is 0 Å². The lowest BCUT2D eigenvalue weighted by molar-refractivity contribution is 0.284. The largest absolute Gasteiger partial charge is 0.493 e. The molecule has 0 fully saturated rings. The molecule has 0 unspecified atom stereocenters. The molecule has 2 aromatic carbocycles. The maximum absolute atomic E-state index is 6.41. The van der Waals surface area contributed by atoms with Crippen molar-refractivity contribution in [3.8, 4) is 11.5 Å². The van der Waals surface area contributed by atoms with Crippen LogP contribution >= 0.6 is 24.0 Å². The highest BCUT2D eigenvalue weighted by molar-refractivity contribution is 6.32. The van der Waals surface area contributed by atoms with Gasteiger partial charge in [0.25, 0.3) is 0 Å². The second kappa shape index (κ2) is 10.1. The maximum Gasteiger partial charge on any atom is 0.180 e. The van der Waals surface area contributed by atoms with Crippen LogP contribution in [0.4, 0.5) is 0 Å². The highest BCUT2D eigenvalue weighted by Crippen LogP contribution is 2.37. The van der Waals surface area contributed by atoms with Crippen LogP contribution < -0.4 is 14.8 Å². The lowest BCUT2D eigenvalue weighted by Gasteiger charge is -2.14. The number of methoxy groups -OCH3 is 1. The summed E-state index contributed by atoms with van der Waals surface area (Å²) in [4.78, 5) is 0. The van der Waals surface area contributed by atoms with E-state index in [0.29, 0.717) is 36.2 Å². The van der Waals surface area contributed by atoms with E-state index >= 15 is 0 Å². The molecule has 0 amide bonds. The first-order valence-electron chi connectivity index (χ1n) is 8.02. The Balaban J connectivity index is 0.00000243. The summed E-state index contributed by atoms with van der Waals surface area (Å²) in [6.07, 6.45) is 1.66. The standard InChI is InChI=1S/C20H20ClNO3.ClH/c1-23-19-11-16(12-22-13-17-8-5-9-24-17)10-18(21)20(19)25-14-15-6-3-2-4-7-15;/h2-11,22H,12-14H2,1H3;1H. The van der Waals surface area contributed by atoms with Crippen molar-refractivity contribution >= 4 is 24.0 Å². The van der Waals surface area contributed by atoms with Crippen LogP contribution in [0.3, 0.4) is 0 Å². The van der Waals surface area contributed by atoms with Gasteiger partial charge in [-0.1, -0.05) is 41.9 Å². The number of nitrogens with one attached hydrogen (secondary N) is 1. The van der Waals surface area contributed by atoms with Gasteiger partial charge >= 0.3 is 0 Å². The minimum Gasteiger partial charge on any atom is -0.493 e. The zero-order valence-electron chi connectivity index (χ0n) is 14.4. The number of benzene rings is 2. The van der Waals surface area contributed by atoms with E-state index in [1.807, 2.05) is 54.6 Å². The normalized spacial score (nSPS) is 10.2. The predicted octanol–water partition coefficient (Wildman–Crippen LogP) is 5.23. The van der Waals surface area contributed by atoms with E-state index < -0.39 is 0 Å². The van der Waals surface area contributed by atoms with Gasteiger partial charge < -0.3 is 19.2 Å². The SMILES string of the molecule is COc1cc(CNCc2ccco2)cc(Cl)c1OCc1ccccc1.Cl. The highest BCUT2D eigenvalue weighted by atomic mass is 35.5. The number of furan rings is 1. The van der Waals surface area contributed by atoms with Gasteiger partial charge in [0.1, 0.15) is 12.4 Å². The van der Waals surface area contributed by atoms with Crippen LogP contribution in [-0.2, 0) is 19.7 Å². The smallest absolute Gasteiger partial charge is 0.180 e. The van der Waals surface area contributed by atoms with Crippen molar-refractivity contribution in [2.75, 3.05) is 7.11 Å². The molecule has 0 aliphatic rings.